The molecule has 0 saturated carbocycles. The number of hydrogen-bond donors (Lipinski definition) is 0. The second kappa shape index (κ2) is 5.92. The van der Waals surface area contributed by atoms with Crippen LogP contribution < -0.4 is 0 Å². The highest BCUT2D eigenvalue weighted by Crippen LogP contribution is 2.36. The molecule has 0 fully saturated rings. The first-order valence-electron chi connectivity index (χ1n) is 5.14. The van der Waals surface area contributed by atoms with Crippen LogP contribution in [0.5, 0.6) is 0 Å². The summed E-state index contributed by atoms with van der Waals surface area (Å²) in [6.45, 7) is 0. The molecule has 0 aliphatic rings. The van der Waals surface area contributed by atoms with Gasteiger partial charge < -0.3 is 0 Å². The molecule has 0 aromatic heterocycles. The van der Waals surface area contributed by atoms with Crippen LogP contribution in [0.4, 0.5) is 13.2 Å². The Kier molecular flexibility index (Phi) is 4.56. The summed E-state index contributed by atoms with van der Waals surface area (Å²) < 4.78 is 38.2. The van der Waals surface area contributed by atoms with Gasteiger partial charge >= 0.3 is 6.18 Å². The second-order valence-corrected chi connectivity index (χ2v) is 3.41. The molecule has 0 aliphatic heterocycles. The van der Waals surface area contributed by atoms with Crippen LogP contribution in [0.2, 0.25) is 0 Å². The van der Waals surface area contributed by atoms with Crippen LogP contribution in [0, 0.1) is 12.8 Å². The van der Waals surface area contributed by atoms with Gasteiger partial charge in [-0.15, -0.1) is 12.8 Å². The predicted molar refractivity (Wildman–Crippen MR) is 66.8 cm³/mol. The fourth-order valence-electron chi connectivity index (χ4n) is 1.60. The Morgan fingerprint density at radius 3 is 1.78 bits per heavy atom. The first-order chi connectivity index (χ1) is 8.59. The summed E-state index contributed by atoms with van der Waals surface area (Å²) in [5, 5.41) is 0. The van der Waals surface area contributed by atoms with E-state index in [9.17, 15) is 13.2 Å². The normalized spacial score (nSPS) is 10.3. The summed E-state index contributed by atoms with van der Waals surface area (Å²) in [5.74, 6) is 0. The lowest BCUT2D eigenvalue weighted by molar-refractivity contribution is -0.137. The van der Waals surface area contributed by atoms with Gasteiger partial charge in [0.1, 0.15) is 0 Å². The molecule has 0 radical (unpaired) electrons. The molecule has 0 atom stereocenters. The number of hydrogen-bond acceptors (Lipinski definition) is 0. The maximum Gasteiger partial charge on any atom is 0.417 e. The van der Waals surface area contributed by atoms with E-state index in [-0.39, 0.29) is 5.56 Å². The van der Waals surface area contributed by atoms with E-state index < -0.39 is 11.7 Å². The maximum absolute atomic E-state index is 12.7. The molecule has 2 aromatic rings. The van der Waals surface area contributed by atoms with Crippen molar-refractivity contribution in [1.29, 1.82) is 0 Å². The van der Waals surface area contributed by atoms with Crippen LogP contribution >= 0.6 is 0 Å². The first-order valence-corrected chi connectivity index (χ1v) is 5.14. The minimum atomic E-state index is -4.31. The monoisotopic (exact) mass is 248 g/mol. The van der Waals surface area contributed by atoms with Crippen LogP contribution in [0.25, 0.3) is 11.1 Å². The Morgan fingerprint density at radius 2 is 1.22 bits per heavy atom. The predicted octanol–water partition coefficient (Wildman–Crippen LogP) is 4.62. The molecule has 0 unspecified atom stereocenters. The zero-order valence-electron chi connectivity index (χ0n) is 9.48. The van der Waals surface area contributed by atoms with Crippen molar-refractivity contribution >= 4 is 0 Å². The SMILES string of the molecule is C#C.FC(F)(F)c1ccccc1-c1ccccc1. The van der Waals surface area contributed by atoms with Crippen molar-refractivity contribution in [2.24, 2.45) is 0 Å². The summed E-state index contributed by atoms with van der Waals surface area (Å²) >= 11 is 0. The summed E-state index contributed by atoms with van der Waals surface area (Å²) in [4.78, 5) is 0. The Labute approximate surface area is 104 Å². The van der Waals surface area contributed by atoms with E-state index >= 15 is 0 Å². The molecule has 0 aliphatic carbocycles. The number of halogens is 3. The van der Waals surface area contributed by atoms with Crippen molar-refractivity contribution in [2.45, 2.75) is 6.18 Å². The molecule has 0 heterocycles. The third-order valence-electron chi connectivity index (χ3n) is 2.32. The average Bonchev–Trinajstić information content (AvgIpc) is 2.41. The van der Waals surface area contributed by atoms with Gasteiger partial charge in [-0.05, 0) is 17.2 Å². The van der Waals surface area contributed by atoms with Crippen molar-refractivity contribution in [3.8, 4) is 24.0 Å². The molecular formula is C15H11F3. The third-order valence-corrected chi connectivity index (χ3v) is 2.32. The van der Waals surface area contributed by atoms with E-state index in [1.807, 2.05) is 0 Å². The molecule has 0 nitrogen and oxygen atoms in total. The molecular weight excluding hydrogens is 237 g/mol. The highest BCUT2D eigenvalue weighted by atomic mass is 19.4. The van der Waals surface area contributed by atoms with Crippen molar-refractivity contribution < 1.29 is 13.2 Å². The van der Waals surface area contributed by atoms with E-state index in [0.29, 0.717) is 5.56 Å². The lowest BCUT2D eigenvalue weighted by atomic mass is 9.99. The topological polar surface area (TPSA) is 0 Å². The zero-order valence-corrected chi connectivity index (χ0v) is 9.48. The lowest BCUT2D eigenvalue weighted by Crippen LogP contribution is -2.06. The third kappa shape index (κ3) is 3.14. The van der Waals surface area contributed by atoms with Gasteiger partial charge in [-0.25, -0.2) is 0 Å². The molecule has 0 N–H and O–H groups in total. The lowest BCUT2D eigenvalue weighted by Gasteiger charge is -2.12. The fourth-order valence-corrected chi connectivity index (χ4v) is 1.60. The molecule has 0 amide bonds. The molecule has 0 saturated heterocycles. The summed E-state index contributed by atoms with van der Waals surface area (Å²) in [6.07, 6.45) is 3.69. The Bertz CT molecular complexity index is 510. The van der Waals surface area contributed by atoms with Crippen molar-refractivity contribution in [2.75, 3.05) is 0 Å². The van der Waals surface area contributed by atoms with Crippen LogP contribution in [-0.2, 0) is 6.18 Å². The van der Waals surface area contributed by atoms with E-state index in [1.165, 1.54) is 12.1 Å². The molecule has 92 valence electrons. The van der Waals surface area contributed by atoms with Gasteiger partial charge in [0, 0.05) is 0 Å². The number of terminal acetylenes is 1. The van der Waals surface area contributed by atoms with E-state index in [1.54, 1.807) is 36.4 Å². The zero-order chi connectivity index (χ0) is 13.6. The van der Waals surface area contributed by atoms with Crippen molar-refractivity contribution in [3.63, 3.8) is 0 Å². The van der Waals surface area contributed by atoms with Crippen LogP contribution in [0.1, 0.15) is 5.56 Å². The number of benzene rings is 2. The smallest absolute Gasteiger partial charge is 0.166 e. The summed E-state index contributed by atoms with van der Waals surface area (Å²) in [6, 6.07) is 14.2. The van der Waals surface area contributed by atoms with Gasteiger partial charge in [0.25, 0.3) is 0 Å². The van der Waals surface area contributed by atoms with Gasteiger partial charge in [0.2, 0.25) is 0 Å². The minimum absolute atomic E-state index is 0.218. The maximum atomic E-state index is 12.7. The Balaban J connectivity index is 0.000000771. The summed E-state index contributed by atoms with van der Waals surface area (Å²) in [5.41, 5.74) is 0.201. The van der Waals surface area contributed by atoms with E-state index in [2.05, 4.69) is 12.8 Å². The molecule has 18 heavy (non-hydrogen) atoms. The quantitative estimate of drug-likeness (QED) is 0.646. The second-order valence-electron chi connectivity index (χ2n) is 3.41. The van der Waals surface area contributed by atoms with Crippen molar-refractivity contribution in [3.05, 3.63) is 60.2 Å². The molecule has 0 bridgehead atoms. The molecule has 0 spiro atoms. The first kappa shape index (κ1) is 13.9. The van der Waals surface area contributed by atoms with Crippen molar-refractivity contribution in [1.82, 2.24) is 0 Å². The average molecular weight is 248 g/mol. The molecule has 2 aromatic carbocycles. The van der Waals surface area contributed by atoms with Gasteiger partial charge in [-0.3, -0.25) is 0 Å². The van der Waals surface area contributed by atoms with Gasteiger partial charge in [0.15, 0.2) is 0 Å². The number of rotatable bonds is 1. The standard InChI is InChI=1S/C13H9F3.C2H2/c14-13(15,16)12-9-5-4-8-11(12)10-6-2-1-3-7-10;1-2/h1-9H;1-2H. The van der Waals surface area contributed by atoms with Crippen LogP contribution in [0.3, 0.4) is 0 Å². The molecule has 2 rings (SSSR count). The van der Waals surface area contributed by atoms with Crippen LogP contribution in [0.15, 0.2) is 54.6 Å². The highest BCUT2D eigenvalue weighted by molar-refractivity contribution is 5.67. The minimum Gasteiger partial charge on any atom is -0.166 e. The Hall–Kier alpha value is -2.21. The van der Waals surface area contributed by atoms with Gasteiger partial charge in [-0.2, -0.15) is 13.2 Å². The van der Waals surface area contributed by atoms with E-state index in [0.717, 1.165) is 6.07 Å². The largest absolute Gasteiger partial charge is 0.417 e. The van der Waals surface area contributed by atoms with Gasteiger partial charge in [-0.1, -0.05) is 48.5 Å². The fraction of sp³-hybridized carbons (Fsp3) is 0.0667. The highest BCUT2D eigenvalue weighted by Gasteiger charge is 2.33. The molecule has 3 heteroatoms. The van der Waals surface area contributed by atoms with Gasteiger partial charge in [0.05, 0.1) is 5.56 Å². The summed E-state index contributed by atoms with van der Waals surface area (Å²) in [7, 11) is 0. The van der Waals surface area contributed by atoms with E-state index in [4.69, 9.17) is 0 Å². The Morgan fingerprint density at radius 1 is 0.722 bits per heavy atom. The number of alkyl halides is 3. The van der Waals surface area contributed by atoms with Crippen LogP contribution in [-0.4, -0.2) is 0 Å².